The van der Waals surface area contributed by atoms with Gasteiger partial charge in [-0.3, -0.25) is 0 Å². The Morgan fingerprint density at radius 2 is 2.07 bits per heavy atom. The average Bonchev–Trinajstić information content (AvgIpc) is 2.13. The first-order valence-electron chi connectivity index (χ1n) is 5.28. The van der Waals surface area contributed by atoms with Crippen molar-refractivity contribution in [1.82, 2.24) is 9.97 Å². The number of halogens is 1. The van der Waals surface area contributed by atoms with Crippen LogP contribution in [0.5, 0.6) is 0 Å². The van der Waals surface area contributed by atoms with Crippen LogP contribution in [0.3, 0.4) is 0 Å². The normalized spacial score (nSPS) is 18.8. The zero-order valence-electron chi connectivity index (χ0n) is 9.42. The van der Waals surface area contributed by atoms with Gasteiger partial charge in [-0.05, 0) is 21.3 Å². The minimum atomic E-state index is 0.434. The van der Waals surface area contributed by atoms with Gasteiger partial charge in [-0.25, -0.2) is 9.97 Å². The van der Waals surface area contributed by atoms with Gasteiger partial charge in [0.25, 0.3) is 0 Å². The van der Waals surface area contributed by atoms with Gasteiger partial charge in [0, 0.05) is 25.6 Å². The van der Waals surface area contributed by atoms with Crippen molar-refractivity contribution in [2.75, 3.05) is 18.0 Å². The van der Waals surface area contributed by atoms with Crippen molar-refractivity contribution < 1.29 is 0 Å². The second-order valence-electron chi connectivity index (χ2n) is 4.84. The number of hydrogen-bond donors (Lipinski definition) is 0. The van der Waals surface area contributed by atoms with Crippen LogP contribution >= 0.6 is 15.9 Å². The number of aryl methyl sites for hydroxylation is 1. The summed E-state index contributed by atoms with van der Waals surface area (Å²) in [4.78, 5) is 11.1. The summed E-state index contributed by atoms with van der Waals surface area (Å²) in [5.41, 5.74) is 0.434. The molecule has 4 heteroatoms. The van der Waals surface area contributed by atoms with Crippen molar-refractivity contribution in [3.63, 3.8) is 0 Å². The van der Waals surface area contributed by atoms with Gasteiger partial charge in [0.1, 0.15) is 16.2 Å². The Morgan fingerprint density at radius 3 is 2.60 bits per heavy atom. The maximum atomic E-state index is 4.52. The lowest BCUT2D eigenvalue weighted by molar-refractivity contribution is 0.274. The summed E-state index contributed by atoms with van der Waals surface area (Å²) in [7, 11) is 0. The highest BCUT2D eigenvalue weighted by Gasteiger charge is 2.35. The van der Waals surface area contributed by atoms with Gasteiger partial charge < -0.3 is 4.90 Å². The van der Waals surface area contributed by atoms with E-state index in [9.17, 15) is 0 Å². The van der Waals surface area contributed by atoms with Gasteiger partial charge in [-0.1, -0.05) is 20.8 Å². The fraction of sp³-hybridized carbons (Fsp3) is 0.636. The smallest absolute Gasteiger partial charge is 0.133 e. The van der Waals surface area contributed by atoms with Gasteiger partial charge in [0.2, 0.25) is 0 Å². The minimum absolute atomic E-state index is 0.434. The molecule has 1 saturated heterocycles. The van der Waals surface area contributed by atoms with E-state index >= 15 is 0 Å². The van der Waals surface area contributed by atoms with Crippen molar-refractivity contribution in [3.8, 4) is 0 Å². The summed E-state index contributed by atoms with van der Waals surface area (Å²) in [6.07, 6.45) is 0.879. The van der Waals surface area contributed by atoms with Crippen LogP contribution in [0.15, 0.2) is 10.7 Å². The molecular weight excluding hydrogens is 254 g/mol. The lowest BCUT2D eigenvalue weighted by atomic mass is 9.84. The monoisotopic (exact) mass is 269 g/mol. The summed E-state index contributed by atoms with van der Waals surface area (Å²) in [5.74, 6) is 1.96. The van der Waals surface area contributed by atoms with Crippen molar-refractivity contribution in [3.05, 3.63) is 16.5 Å². The summed E-state index contributed by atoms with van der Waals surface area (Å²) >= 11 is 3.43. The van der Waals surface area contributed by atoms with Crippen LogP contribution in [-0.2, 0) is 6.42 Å². The highest BCUT2D eigenvalue weighted by atomic mass is 79.9. The van der Waals surface area contributed by atoms with Crippen LogP contribution in [0.2, 0.25) is 0 Å². The summed E-state index contributed by atoms with van der Waals surface area (Å²) < 4.78 is 0.883. The maximum absolute atomic E-state index is 4.52. The Morgan fingerprint density at radius 1 is 1.40 bits per heavy atom. The second-order valence-corrected chi connectivity index (χ2v) is 5.65. The Labute approximate surface area is 99.0 Å². The predicted octanol–water partition coefficient (Wildman–Crippen LogP) is 2.65. The second kappa shape index (κ2) is 3.74. The van der Waals surface area contributed by atoms with Crippen LogP contribution in [0.1, 0.15) is 26.6 Å². The molecule has 1 fully saturated rings. The van der Waals surface area contributed by atoms with Crippen LogP contribution < -0.4 is 4.90 Å². The molecule has 1 aromatic rings. The summed E-state index contributed by atoms with van der Waals surface area (Å²) in [6.45, 7) is 8.80. The third-order valence-corrected chi connectivity index (χ3v) is 3.01. The fourth-order valence-electron chi connectivity index (χ4n) is 1.92. The first kappa shape index (κ1) is 10.9. The molecule has 0 atom stereocenters. The quantitative estimate of drug-likeness (QED) is 0.774. The number of nitrogens with zero attached hydrogens (tertiary/aromatic N) is 3. The van der Waals surface area contributed by atoms with Crippen LogP contribution in [0.4, 0.5) is 5.82 Å². The molecule has 0 aromatic carbocycles. The van der Waals surface area contributed by atoms with E-state index in [0.717, 1.165) is 35.8 Å². The lowest BCUT2D eigenvalue weighted by Gasteiger charge is -2.46. The Hall–Kier alpha value is -0.640. The third-order valence-electron chi connectivity index (χ3n) is 2.61. The molecular formula is C11H16BrN3. The van der Waals surface area contributed by atoms with E-state index in [4.69, 9.17) is 0 Å². The summed E-state index contributed by atoms with van der Waals surface area (Å²) in [6, 6.07) is 1.99. The van der Waals surface area contributed by atoms with E-state index in [2.05, 4.69) is 51.6 Å². The molecule has 3 nitrogen and oxygen atoms in total. The minimum Gasteiger partial charge on any atom is -0.355 e. The molecule has 0 aliphatic carbocycles. The molecule has 2 rings (SSSR count). The van der Waals surface area contributed by atoms with Crippen LogP contribution in [0.25, 0.3) is 0 Å². The van der Waals surface area contributed by atoms with Crippen LogP contribution in [0, 0.1) is 5.41 Å². The first-order chi connectivity index (χ1) is 7.00. The summed E-state index contributed by atoms with van der Waals surface area (Å²) in [5, 5.41) is 0. The number of hydrogen-bond acceptors (Lipinski definition) is 3. The Kier molecular flexibility index (Phi) is 2.71. The molecule has 15 heavy (non-hydrogen) atoms. The SMILES string of the molecule is CCc1nc(Br)cc(N2CC(C)(C)C2)n1. The van der Waals surface area contributed by atoms with E-state index in [1.807, 2.05) is 6.07 Å². The van der Waals surface area contributed by atoms with Gasteiger partial charge in [0.05, 0.1) is 0 Å². The van der Waals surface area contributed by atoms with Gasteiger partial charge >= 0.3 is 0 Å². The van der Waals surface area contributed by atoms with Crippen molar-refractivity contribution in [2.24, 2.45) is 5.41 Å². The van der Waals surface area contributed by atoms with Crippen molar-refractivity contribution >= 4 is 21.7 Å². The number of rotatable bonds is 2. The number of aromatic nitrogens is 2. The zero-order valence-corrected chi connectivity index (χ0v) is 11.0. The van der Waals surface area contributed by atoms with Crippen LogP contribution in [-0.4, -0.2) is 23.1 Å². The van der Waals surface area contributed by atoms with E-state index in [1.165, 1.54) is 0 Å². The molecule has 0 bridgehead atoms. The zero-order chi connectivity index (χ0) is 11.1. The molecule has 0 radical (unpaired) electrons. The number of anilines is 1. The Balaban J connectivity index is 2.19. The van der Waals surface area contributed by atoms with Crippen molar-refractivity contribution in [1.29, 1.82) is 0 Å². The molecule has 1 aliphatic rings. The molecule has 0 N–H and O–H groups in total. The molecule has 2 heterocycles. The van der Waals surface area contributed by atoms with E-state index in [-0.39, 0.29) is 0 Å². The molecule has 82 valence electrons. The molecule has 0 amide bonds. The molecule has 1 aromatic heterocycles. The van der Waals surface area contributed by atoms with E-state index < -0.39 is 0 Å². The molecule has 1 aliphatic heterocycles. The fourth-order valence-corrected chi connectivity index (χ4v) is 2.33. The highest BCUT2D eigenvalue weighted by Crippen LogP contribution is 2.32. The van der Waals surface area contributed by atoms with Gasteiger partial charge in [-0.15, -0.1) is 0 Å². The highest BCUT2D eigenvalue weighted by molar-refractivity contribution is 9.10. The average molecular weight is 270 g/mol. The van der Waals surface area contributed by atoms with E-state index in [0.29, 0.717) is 5.41 Å². The first-order valence-corrected chi connectivity index (χ1v) is 6.08. The third kappa shape index (κ3) is 2.30. The maximum Gasteiger partial charge on any atom is 0.133 e. The molecule has 0 saturated carbocycles. The topological polar surface area (TPSA) is 29.0 Å². The van der Waals surface area contributed by atoms with Gasteiger partial charge in [-0.2, -0.15) is 0 Å². The van der Waals surface area contributed by atoms with E-state index in [1.54, 1.807) is 0 Å². The molecule has 0 spiro atoms. The van der Waals surface area contributed by atoms with Crippen molar-refractivity contribution in [2.45, 2.75) is 27.2 Å². The largest absolute Gasteiger partial charge is 0.355 e. The van der Waals surface area contributed by atoms with Gasteiger partial charge in [0.15, 0.2) is 0 Å². The Bertz CT molecular complexity index is 368. The molecule has 0 unspecified atom stereocenters. The lowest BCUT2D eigenvalue weighted by Crippen LogP contribution is -2.53. The standard InChI is InChI=1S/C11H16BrN3/c1-4-9-13-8(12)5-10(14-9)15-6-11(2,3)7-15/h5H,4,6-7H2,1-3H3. The predicted molar refractivity (Wildman–Crippen MR) is 65.1 cm³/mol.